The number of para-hydroxylation sites is 1. The lowest BCUT2D eigenvalue weighted by Crippen LogP contribution is -2.42. The molecule has 0 saturated heterocycles. The van der Waals surface area contributed by atoms with Gasteiger partial charge in [-0.3, -0.25) is 0 Å². The first-order valence-corrected chi connectivity index (χ1v) is 10.7. The molecule has 2 aromatic rings. The molecule has 1 aliphatic carbocycles. The molecule has 2 atom stereocenters. The fourth-order valence-electron chi connectivity index (χ4n) is 4.07. The van der Waals surface area contributed by atoms with Crippen LogP contribution in [-0.2, 0) is 22.9 Å². The molecule has 0 bridgehead atoms. The smallest absolute Gasteiger partial charge is 0.238 e. The second-order valence-corrected chi connectivity index (χ2v) is 8.74. The van der Waals surface area contributed by atoms with Crippen LogP contribution >= 0.6 is 0 Å². The van der Waals surface area contributed by atoms with Gasteiger partial charge in [0.05, 0.1) is 12.0 Å². The lowest BCUT2D eigenvalue weighted by atomic mass is 9.87. The molecule has 0 amide bonds. The number of sulfonamides is 1. The third-order valence-electron chi connectivity index (χ3n) is 5.37. The van der Waals surface area contributed by atoms with E-state index < -0.39 is 10.0 Å². The second-order valence-electron chi connectivity index (χ2n) is 7.18. The minimum absolute atomic E-state index is 0.0937. The van der Waals surface area contributed by atoms with Crippen molar-refractivity contribution in [3.8, 4) is 11.5 Å². The minimum atomic E-state index is -3.71. The van der Waals surface area contributed by atoms with Crippen molar-refractivity contribution in [2.75, 3.05) is 13.7 Å². The van der Waals surface area contributed by atoms with E-state index in [9.17, 15) is 8.42 Å². The van der Waals surface area contributed by atoms with Crippen LogP contribution in [0.3, 0.4) is 0 Å². The van der Waals surface area contributed by atoms with E-state index in [4.69, 9.17) is 14.6 Å². The molecule has 0 fully saturated rings. The van der Waals surface area contributed by atoms with Gasteiger partial charge in [-0.25, -0.2) is 13.6 Å². The summed E-state index contributed by atoms with van der Waals surface area (Å²) in [6.45, 7) is 0.550. The first-order valence-electron chi connectivity index (χ1n) is 9.16. The van der Waals surface area contributed by atoms with Gasteiger partial charge in [0.1, 0.15) is 6.61 Å². The molecule has 0 spiro atoms. The Morgan fingerprint density at radius 1 is 1.22 bits per heavy atom. The Kier molecular flexibility index (Phi) is 4.84. The Labute approximate surface area is 159 Å². The average molecular weight is 388 g/mol. The number of rotatable bonds is 4. The monoisotopic (exact) mass is 388 g/mol. The summed E-state index contributed by atoms with van der Waals surface area (Å²) in [6, 6.07) is 11.4. The summed E-state index contributed by atoms with van der Waals surface area (Å²) in [6.07, 6.45) is 3.83. The van der Waals surface area contributed by atoms with Gasteiger partial charge in [-0.15, -0.1) is 0 Å². The molecule has 144 valence electrons. The Hall–Kier alpha value is -2.09. The largest absolute Gasteiger partial charge is 0.493 e. The molecule has 0 radical (unpaired) electrons. The lowest BCUT2D eigenvalue weighted by molar-refractivity contribution is 0.213. The molecule has 7 heteroatoms. The molecule has 2 aromatic carbocycles. The number of nitrogens with two attached hydrogens (primary N) is 1. The van der Waals surface area contributed by atoms with Crippen molar-refractivity contribution < 1.29 is 17.9 Å². The van der Waals surface area contributed by atoms with Crippen LogP contribution in [0.1, 0.15) is 35.6 Å². The van der Waals surface area contributed by atoms with E-state index in [1.165, 1.54) is 5.56 Å². The number of benzene rings is 2. The molecule has 2 unspecified atom stereocenters. The van der Waals surface area contributed by atoms with Crippen LogP contribution in [0.25, 0.3) is 0 Å². The van der Waals surface area contributed by atoms with E-state index >= 15 is 0 Å². The molecule has 0 saturated carbocycles. The van der Waals surface area contributed by atoms with E-state index in [-0.39, 0.29) is 17.0 Å². The van der Waals surface area contributed by atoms with Gasteiger partial charge in [0.2, 0.25) is 10.0 Å². The van der Waals surface area contributed by atoms with Gasteiger partial charge in [0, 0.05) is 12.1 Å². The van der Waals surface area contributed by atoms with Gasteiger partial charge >= 0.3 is 0 Å². The van der Waals surface area contributed by atoms with E-state index in [0.29, 0.717) is 6.61 Å². The number of aryl methyl sites for hydroxylation is 1. The third-order valence-corrected chi connectivity index (χ3v) is 6.28. The normalized spacial score (nSPS) is 21.7. The van der Waals surface area contributed by atoms with E-state index in [0.717, 1.165) is 48.3 Å². The quantitative estimate of drug-likeness (QED) is 0.839. The second kappa shape index (κ2) is 7.14. The number of fused-ring (bicyclic) bond motifs is 2. The summed E-state index contributed by atoms with van der Waals surface area (Å²) in [4.78, 5) is 0.171. The topological polar surface area (TPSA) is 90.7 Å². The molecular weight excluding hydrogens is 364 g/mol. The first-order chi connectivity index (χ1) is 13.0. The maximum absolute atomic E-state index is 11.7. The van der Waals surface area contributed by atoms with Crippen molar-refractivity contribution in [3.05, 3.63) is 53.1 Å². The Morgan fingerprint density at radius 3 is 2.85 bits per heavy atom. The van der Waals surface area contributed by atoms with Crippen LogP contribution in [0.5, 0.6) is 11.5 Å². The summed E-state index contributed by atoms with van der Waals surface area (Å²) in [5.41, 5.74) is 3.33. The molecule has 0 aromatic heterocycles. The fourth-order valence-corrected chi connectivity index (χ4v) is 4.62. The van der Waals surface area contributed by atoms with Crippen LogP contribution in [0.15, 0.2) is 41.3 Å². The van der Waals surface area contributed by atoms with Crippen LogP contribution in [0.4, 0.5) is 0 Å². The molecule has 1 heterocycles. The molecule has 27 heavy (non-hydrogen) atoms. The summed E-state index contributed by atoms with van der Waals surface area (Å²) in [5, 5.41) is 8.99. The van der Waals surface area contributed by atoms with Gasteiger partial charge in [-0.05, 0) is 60.6 Å². The van der Waals surface area contributed by atoms with Crippen molar-refractivity contribution in [3.63, 3.8) is 0 Å². The highest BCUT2D eigenvalue weighted by molar-refractivity contribution is 7.89. The van der Waals surface area contributed by atoms with Gasteiger partial charge in [0.15, 0.2) is 11.5 Å². The van der Waals surface area contributed by atoms with Gasteiger partial charge in [0.25, 0.3) is 0 Å². The van der Waals surface area contributed by atoms with Crippen molar-refractivity contribution >= 4 is 10.0 Å². The number of hydrogen-bond acceptors (Lipinski definition) is 5. The number of hydrogen-bond donors (Lipinski definition) is 2. The third kappa shape index (κ3) is 3.67. The maximum Gasteiger partial charge on any atom is 0.238 e. The van der Waals surface area contributed by atoms with Gasteiger partial charge < -0.3 is 14.8 Å². The predicted molar refractivity (Wildman–Crippen MR) is 103 cm³/mol. The Bertz CT molecular complexity index is 958. The highest BCUT2D eigenvalue weighted by Crippen LogP contribution is 2.36. The standard InChI is InChI=1S/C20H24N2O4S/c1-25-19-7-3-5-14-10-15(12-26-20(14)19)22-18-6-2-4-13-8-9-16(11-17(13)18)27(21,23)24/h3,5,7-9,11,15,18,22H,2,4,6,10,12H2,1H3,(H2,21,23,24). The molecular formula is C20H24N2O4S. The maximum atomic E-state index is 11.7. The van der Waals surface area contributed by atoms with Crippen molar-refractivity contribution in [1.29, 1.82) is 0 Å². The number of methoxy groups -OCH3 is 1. The summed E-state index contributed by atoms with van der Waals surface area (Å²) >= 11 is 0. The summed E-state index contributed by atoms with van der Waals surface area (Å²) < 4.78 is 34.8. The summed E-state index contributed by atoms with van der Waals surface area (Å²) in [5.74, 6) is 1.57. The lowest BCUT2D eigenvalue weighted by Gasteiger charge is -2.33. The molecule has 2 aliphatic rings. The number of nitrogens with one attached hydrogen (secondary N) is 1. The van der Waals surface area contributed by atoms with Gasteiger partial charge in [-0.2, -0.15) is 0 Å². The Balaban J connectivity index is 1.56. The first kappa shape index (κ1) is 18.3. The number of primary sulfonamides is 1. The van der Waals surface area contributed by atoms with Crippen molar-refractivity contribution in [2.45, 2.75) is 42.7 Å². The SMILES string of the molecule is COc1cccc2c1OCC(NC1CCCc3ccc(S(N)(=O)=O)cc31)C2. The highest BCUT2D eigenvalue weighted by atomic mass is 32.2. The van der Waals surface area contributed by atoms with E-state index in [1.807, 2.05) is 18.2 Å². The highest BCUT2D eigenvalue weighted by Gasteiger charge is 2.28. The molecule has 1 aliphatic heterocycles. The fraction of sp³-hybridized carbons (Fsp3) is 0.400. The van der Waals surface area contributed by atoms with Crippen LogP contribution in [0, 0.1) is 0 Å². The van der Waals surface area contributed by atoms with Gasteiger partial charge in [-0.1, -0.05) is 18.2 Å². The molecule has 6 nitrogen and oxygen atoms in total. The zero-order chi connectivity index (χ0) is 19.0. The van der Waals surface area contributed by atoms with Crippen LogP contribution < -0.4 is 19.9 Å². The Morgan fingerprint density at radius 2 is 2.07 bits per heavy atom. The zero-order valence-electron chi connectivity index (χ0n) is 15.3. The number of ether oxygens (including phenoxy) is 2. The zero-order valence-corrected chi connectivity index (χ0v) is 16.1. The summed E-state index contributed by atoms with van der Waals surface area (Å²) in [7, 11) is -2.06. The molecule has 4 rings (SSSR count). The average Bonchev–Trinajstić information content (AvgIpc) is 2.66. The van der Waals surface area contributed by atoms with Crippen molar-refractivity contribution in [2.24, 2.45) is 5.14 Å². The molecule has 3 N–H and O–H groups in total. The van der Waals surface area contributed by atoms with Crippen LogP contribution in [-0.4, -0.2) is 28.2 Å². The predicted octanol–water partition coefficient (Wildman–Crippen LogP) is 2.31. The minimum Gasteiger partial charge on any atom is -0.493 e. The van der Waals surface area contributed by atoms with Crippen LogP contribution in [0.2, 0.25) is 0 Å². The van der Waals surface area contributed by atoms with E-state index in [1.54, 1.807) is 19.2 Å². The van der Waals surface area contributed by atoms with E-state index in [2.05, 4.69) is 11.4 Å². The van der Waals surface area contributed by atoms with Crippen molar-refractivity contribution in [1.82, 2.24) is 5.32 Å².